The average molecular weight is 468 g/mol. The summed E-state index contributed by atoms with van der Waals surface area (Å²) in [6.07, 6.45) is 1.43. The van der Waals surface area contributed by atoms with Crippen molar-refractivity contribution in [3.8, 4) is 22.6 Å². The summed E-state index contributed by atoms with van der Waals surface area (Å²) in [5.41, 5.74) is 13.3. The number of para-hydroxylation sites is 2. The highest BCUT2D eigenvalue weighted by molar-refractivity contribution is 6.10. The number of hydrogen-bond acceptors (Lipinski definition) is 3. The van der Waals surface area contributed by atoms with Crippen LogP contribution in [0.2, 0.25) is 0 Å². The smallest absolute Gasteiger partial charge is 0.123 e. The van der Waals surface area contributed by atoms with Crippen molar-refractivity contribution in [3.05, 3.63) is 132 Å². The van der Waals surface area contributed by atoms with Crippen LogP contribution < -0.4 is 5.73 Å². The predicted molar refractivity (Wildman–Crippen MR) is 149 cm³/mol. The predicted octanol–water partition coefficient (Wildman–Crippen LogP) is 7.23. The first kappa shape index (κ1) is 21.8. The first-order chi connectivity index (χ1) is 17.7. The van der Waals surface area contributed by atoms with Gasteiger partial charge in [-0.3, -0.25) is 4.99 Å². The normalized spacial score (nSPS) is 12.5. The summed E-state index contributed by atoms with van der Waals surface area (Å²) in [6.45, 7) is 0. The van der Waals surface area contributed by atoms with Crippen LogP contribution >= 0.6 is 0 Å². The van der Waals surface area contributed by atoms with Crippen LogP contribution in [0.1, 0.15) is 17.3 Å². The Labute approximate surface area is 209 Å². The van der Waals surface area contributed by atoms with Crippen molar-refractivity contribution in [2.24, 2.45) is 10.7 Å². The quantitative estimate of drug-likeness (QED) is 0.263. The van der Waals surface area contributed by atoms with Crippen LogP contribution in [0.25, 0.3) is 38.6 Å². The number of nitrogens with zero attached hydrogens (tertiary/aromatic N) is 2. The maximum Gasteiger partial charge on any atom is 0.123 e. The highest BCUT2D eigenvalue weighted by atomic mass is 16.3. The van der Waals surface area contributed by atoms with E-state index in [1.54, 1.807) is 6.07 Å². The molecule has 0 radical (unpaired) electrons. The van der Waals surface area contributed by atoms with Crippen LogP contribution in [0.4, 0.5) is 0 Å². The Morgan fingerprint density at radius 3 is 2.19 bits per heavy atom. The summed E-state index contributed by atoms with van der Waals surface area (Å²) in [4.78, 5) is 4.53. The van der Waals surface area contributed by atoms with Crippen LogP contribution in [0.5, 0.6) is 5.75 Å². The van der Waals surface area contributed by atoms with Gasteiger partial charge in [0, 0.05) is 28.2 Å². The SMILES string of the molecule is NC(/N=C/c1ccc(-n2c3ccccc3c3ccc(-c4ccccc4O)cc32)cc1)c1ccccc1. The number of benzene rings is 5. The second-order valence-electron chi connectivity index (χ2n) is 8.83. The lowest BCUT2D eigenvalue weighted by molar-refractivity contribution is 0.477. The van der Waals surface area contributed by atoms with Gasteiger partial charge in [-0.25, -0.2) is 0 Å². The van der Waals surface area contributed by atoms with E-state index >= 15 is 0 Å². The first-order valence-corrected chi connectivity index (χ1v) is 11.9. The fourth-order valence-electron chi connectivity index (χ4n) is 4.75. The molecule has 1 atom stereocenters. The van der Waals surface area contributed by atoms with Gasteiger partial charge in [0.1, 0.15) is 11.9 Å². The second kappa shape index (κ2) is 9.17. The molecule has 1 heterocycles. The molecule has 0 saturated carbocycles. The van der Waals surface area contributed by atoms with Crippen molar-refractivity contribution in [3.63, 3.8) is 0 Å². The topological polar surface area (TPSA) is 63.5 Å². The zero-order valence-electron chi connectivity index (χ0n) is 19.6. The van der Waals surface area contributed by atoms with E-state index in [1.807, 2.05) is 54.7 Å². The number of rotatable bonds is 5. The maximum absolute atomic E-state index is 10.4. The van der Waals surface area contributed by atoms with Gasteiger partial charge in [0.15, 0.2) is 0 Å². The fourth-order valence-corrected chi connectivity index (χ4v) is 4.75. The number of aromatic hydroxyl groups is 1. The van der Waals surface area contributed by atoms with Gasteiger partial charge < -0.3 is 15.4 Å². The molecule has 4 nitrogen and oxygen atoms in total. The van der Waals surface area contributed by atoms with E-state index in [9.17, 15) is 5.11 Å². The molecule has 1 unspecified atom stereocenters. The van der Waals surface area contributed by atoms with Crippen LogP contribution in [-0.4, -0.2) is 15.9 Å². The fraction of sp³-hybridized carbons (Fsp3) is 0.0312. The van der Waals surface area contributed by atoms with Crippen LogP contribution in [0.15, 0.2) is 126 Å². The lowest BCUT2D eigenvalue weighted by Gasteiger charge is -2.10. The average Bonchev–Trinajstić information content (AvgIpc) is 3.26. The van der Waals surface area contributed by atoms with Crippen LogP contribution in [0.3, 0.4) is 0 Å². The third-order valence-electron chi connectivity index (χ3n) is 6.57. The van der Waals surface area contributed by atoms with Gasteiger partial charge in [-0.15, -0.1) is 0 Å². The van der Waals surface area contributed by atoms with Crippen molar-refractivity contribution >= 4 is 28.0 Å². The summed E-state index contributed by atoms with van der Waals surface area (Å²) in [5, 5.41) is 12.8. The van der Waals surface area contributed by atoms with Gasteiger partial charge in [0.05, 0.1) is 11.0 Å². The highest BCUT2D eigenvalue weighted by Crippen LogP contribution is 2.36. The molecule has 0 amide bonds. The van der Waals surface area contributed by atoms with Gasteiger partial charge in [-0.05, 0) is 47.0 Å². The van der Waals surface area contributed by atoms with Crippen molar-refractivity contribution in [2.75, 3.05) is 0 Å². The van der Waals surface area contributed by atoms with E-state index in [0.717, 1.165) is 39.0 Å². The molecule has 0 aliphatic heterocycles. The van der Waals surface area contributed by atoms with Crippen LogP contribution in [0, 0.1) is 0 Å². The molecule has 0 aliphatic rings. The van der Waals surface area contributed by atoms with E-state index < -0.39 is 6.17 Å². The number of aliphatic imine (C=N–C) groups is 1. The number of hydrogen-bond donors (Lipinski definition) is 2. The molecular weight excluding hydrogens is 442 g/mol. The lowest BCUT2D eigenvalue weighted by atomic mass is 10.0. The summed E-state index contributed by atoms with van der Waals surface area (Å²) in [7, 11) is 0. The largest absolute Gasteiger partial charge is 0.507 e. The number of phenols is 1. The molecule has 6 aromatic rings. The van der Waals surface area contributed by atoms with Crippen molar-refractivity contribution in [1.29, 1.82) is 0 Å². The summed E-state index contributed by atoms with van der Waals surface area (Å²) in [5.74, 6) is 0.275. The minimum Gasteiger partial charge on any atom is -0.507 e. The zero-order chi connectivity index (χ0) is 24.5. The van der Waals surface area contributed by atoms with E-state index in [4.69, 9.17) is 5.73 Å². The van der Waals surface area contributed by atoms with Gasteiger partial charge in [-0.1, -0.05) is 91.0 Å². The highest BCUT2D eigenvalue weighted by Gasteiger charge is 2.14. The van der Waals surface area contributed by atoms with Gasteiger partial charge in [0.25, 0.3) is 0 Å². The Kier molecular flexibility index (Phi) is 5.56. The molecule has 36 heavy (non-hydrogen) atoms. The van der Waals surface area contributed by atoms with E-state index in [-0.39, 0.29) is 5.75 Å². The summed E-state index contributed by atoms with van der Waals surface area (Å²) < 4.78 is 2.27. The standard InChI is InChI=1S/C32H25N3O/c33-32(23-8-2-1-3-9-23)34-21-22-14-17-25(18-15-22)35-29-12-6-4-11-27(29)28-19-16-24(20-30(28)35)26-10-5-7-13-31(26)36/h1-21,32,36H,33H2/b34-21+. The minimum absolute atomic E-state index is 0.275. The van der Waals surface area contributed by atoms with Gasteiger partial charge >= 0.3 is 0 Å². The Bertz CT molecular complexity index is 1700. The summed E-state index contributed by atoms with van der Waals surface area (Å²) in [6, 6.07) is 40.4. The maximum atomic E-state index is 10.4. The van der Waals surface area contributed by atoms with E-state index in [1.165, 1.54) is 10.8 Å². The molecule has 174 valence electrons. The van der Waals surface area contributed by atoms with E-state index in [0.29, 0.717) is 0 Å². The molecule has 0 bridgehead atoms. The van der Waals surface area contributed by atoms with Crippen molar-refractivity contribution in [1.82, 2.24) is 4.57 Å². The third-order valence-corrected chi connectivity index (χ3v) is 6.57. The van der Waals surface area contributed by atoms with Gasteiger partial charge in [0.2, 0.25) is 0 Å². The zero-order valence-corrected chi connectivity index (χ0v) is 19.6. The third kappa shape index (κ3) is 3.94. The van der Waals surface area contributed by atoms with Gasteiger partial charge in [-0.2, -0.15) is 0 Å². The molecule has 4 heteroatoms. The minimum atomic E-state index is -0.393. The lowest BCUT2D eigenvalue weighted by Crippen LogP contribution is -2.07. The molecule has 5 aromatic carbocycles. The summed E-state index contributed by atoms with van der Waals surface area (Å²) >= 11 is 0. The Morgan fingerprint density at radius 1 is 0.694 bits per heavy atom. The number of phenolic OH excluding ortho intramolecular Hbond substituents is 1. The number of nitrogens with two attached hydrogens (primary N) is 1. The molecule has 0 saturated heterocycles. The van der Waals surface area contributed by atoms with Crippen molar-refractivity contribution in [2.45, 2.75) is 6.17 Å². The van der Waals surface area contributed by atoms with E-state index in [2.05, 4.69) is 76.3 Å². The van der Waals surface area contributed by atoms with Crippen LogP contribution in [-0.2, 0) is 0 Å². The Hall–Kier alpha value is -4.67. The molecule has 1 aromatic heterocycles. The molecule has 0 aliphatic carbocycles. The molecular formula is C32H25N3O. The Balaban J connectivity index is 1.42. The molecule has 0 fully saturated rings. The number of fused-ring (bicyclic) bond motifs is 3. The molecule has 3 N–H and O–H groups in total. The molecule has 6 rings (SSSR count). The number of aromatic nitrogens is 1. The second-order valence-corrected chi connectivity index (χ2v) is 8.83. The first-order valence-electron chi connectivity index (χ1n) is 11.9. The Morgan fingerprint density at radius 2 is 1.39 bits per heavy atom. The van der Waals surface area contributed by atoms with Crippen molar-refractivity contribution < 1.29 is 5.11 Å². The molecule has 0 spiro atoms. The monoisotopic (exact) mass is 467 g/mol.